The number of ether oxygens (including phenoxy) is 4. The summed E-state index contributed by atoms with van der Waals surface area (Å²) in [7, 11) is 0. The molecule has 0 aromatic carbocycles. The number of fused-ring (bicyclic) bond motifs is 2. The quantitative estimate of drug-likeness (QED) is 0.345. The fourth-order valence-electron chi connectivity index (χ4n) is 9.11. The minimum atomic E-state index is -2.14. The van der Waals surface area contributed by atoms with Crippen LogP contribution in [0.3, 0.4) is 0 Å². The van der Waals surface area contributed by atoms with Crippen molar-refractivity contribution in [3.8, 4) is 0 Å². The second kappa shape index (κ2) is 7.52. The second-order valence-electron chi connectivity index (χ2n) is 11.9. The lowest BCUT2D eigenvalue weighted by atomic mass is 9.35. The molecule has 6 aliphatic rings. The highest BCUT2D eigenvalue weighted by atomic mass is 16.7. The Bertz CT molecular complexity index is 989. The Morgan fingerprint density at radius 3 is 2.17 bits per heavy atom. The van der Waals surface area contributed by atoms with Gasteiger partial charge in [0, 0.05) is 38.0 Å². The molecule has 4 bridgehead atoms. The van der Waals surface area contributed by atoms with Crippen molar-refractivity contribution in [2.24, 2.45) is 34.0 Å². The smallest absolute Gasteiger partial charge is 0.303 e. The van der Waals surface area contributed by atoms with Gasteiger partial charge in [-0.05, 0) is 42.6 Å². The lowest BCUT2D eigenvalue weighted by Gasteiger charge is -2.75. The number of carbonyl (C=O) groups is 3. The Kier molecular flexibility index (Phi) is 5.31. The summed E-state index contributed by atoms with van der Waals surface area (Å²) in [6, 6.07) is 0. The summed E-state index contributed by atoms with van der Waals surface area (Å²) in [5, 5.41) is 24.3. The molecule has 9 heteroatoms. The Morgan fingerprint density at radius 2 is 1.57 bits per heavy atom. The lowest BCUT2D eigenvalue weighted by molar-refractivity contribution is -0.475. The molecule has 6 rings (SSSR count). The molecule has 0 radical (unpaired) electrons. The van der Waals surface area contributed by atoms with Crippen LogP contribution in [0.15, 0.2) is 12.2 Å². The van der Waals surface area contributed by atoms with E-state index < -0.39 is 76.2 Å². The van der Waals surface area contributed by atoms with E-state index in [1.54, 1.807) is 0 Å². The zero-order valence-corrected chi connectivity index (χ0v) is 21.0. The summed E-state index contributed by atoms with van der Waals surface area (Å²) >= 11 is 0. The summed E-state index contributed by atoms with van der Waals surface area (Å²) in [5.74, 6) is -4.97. The number of carbonyl (C=O) groups excluding carboxylic acids is 3. The SMILES string of the molecule is C=C1C(O)C23[C@H](OC(C)=O)[C@H]1CC[C@H]2[C@@]12CO[C@@]3(O)[C@@H](OC(C)=O)[C@@H]1C(C)(C)CC[C@@H]2OC(C)=O. The van der Waals surface area contributed by atoms with Crippen molar-refractivity contribution in [2.45, 2.75) is 90.5 Å². The maximum Gasteiger partial charge on any atom is 0.303 e. The van der Waals surface area contributed by atoms with Gasteiger partial charge in [0.15, 0.2) is 6.10 Å². The van der Waals surface area contributed by atoms with Crippen LogP contribution in [0.2, 0.25) is 0 Å². The average Bonchev–Trinajstić information content (AvgIpc) is 2.85. The molecule has 194 valence electrons. The highest BCUT2D eigenvalue weighted by molar-refractivity contribution is 5.68. The number of hydrogen-bond donors (Lipinski definition) is 2. The van der Waals surface area contributed by atoms with Crippen molar-refractivity contribution in [1.82, 2.24) is 0 Å². The van der Waals surface area contributed by atoms with E-state index in [1.807, 2.05) is 0 Å². The molecule has 2 aliphatic heterocycles. The molecule has 35 heavy (non-hydrogen) atoms. The normalized spacial score (nSPS) is 49.0. The molecule has 2 spiro atoms. The second-order valence-corrected chi connectivity index (χ2v) is 11.9. The largest absolute Gasteiger partial charge is 0.462 e. The van der Waals surface area contributed by atoms with Gasteiger partial charge in [-0.3, -0.25) is 14.4 Å². The molecule has 2 saturated heterocycles. The van der Waals surface area contributed by atoms with E-state index >= 15 is 0 Å². The first kappa shape index (κ1) is 24.7. The number of rotatable bonds is 3. The Balaban J connectivity index is 1.81. The standard InChI is InChI=1S/C26H36O9/c1-12-16-7-8-17-24-11-32-26(31,25(17,20(12)30)21(16)34-14(3)28)22(35-15(4)29)19(24)23(5,6)10-9-18(24)33-13(2)27/h16-22,30-31H,1,7-11H2,2-6H3/t16-,17-,18-,19+,20?,21+,22-,24+,25?,26-/m0/s1. The molecule has 2 unspecified atom stereocenters. The van der Waals surface area contributed by atoms with Crippen LogP contribution < -0.4 is 0 Å². The molecule has 10 atom stereocenters. The first-order valence-corrected chi connectivity index (χ1v) is 12.5. The van der Waals surface area contributed by atoms with Crippen LogP contribution >= 0.6 is 0 Å². The predicted molar refractivity (Wildman–Crippen MR) is 120 cm³/mol. The van der Waals surface area contributed by atoms with Gasteiger partial charge in [-0.1, -0.05) is 20.4 Å². The van der Waals surface area contributed by atoms with E-state index in [-0.39, 0.29) is 12.5 Å². The highest BCUT2D eigenvalue weighted by Crippen LogP contribution is 2.78. The van der Waals surface area contributed by atoms with Gasteiger partial charge in [0.1, 0.15) is 12.2 Å². The van der Waals surface area contributed by atoms with E-state index in [1.165, 1.54) is 20.8 Å². The number of hydrogen-bond acceptors (Lipinski definition) is 9. The number of aliphatic hydroxyl groups is 2. The zero-order chi connectivity index (χ0) is 25.7. The Labute approximate surface area is 205 Å². The molecule has 0 aromatic rings. The average molecular weight is 493 g/mol. The minimum Gasteiger partial charge on any atom is -0.462 e. The van der Waals surface area contributed by atoms with E-state index in [0.29, 0.717) is 31.3 Å². The topological polar surface area (TPSA) is 129 Å². The van der Waals surface area contributed by atoms with E-state index in [2.05, 4.69) is 20.4 Å². The summed E-state index contributed by atoms with van der Waals surface area (Å²) in [5.41, 5.74) is -2.35. The lowest BCUT2D eigenvalue weighted by Crippen LogP contribution is -2.86. The molecule has 4 saturated carbocycles. The molecule has 6 fully saturated rings. The number of esters is 3. The summed E-state index contributed by atoms with van der Waals surface area (Å²) < 4.78 is 23.9. The molecule has 4 aliphatic carbocycles. The van der Waals surface area contributed by atoms with Crippen molar-refractivity contribution < 1.29 is 43.5 Å². The van der Waals surface area contributed by atoms with E-state index in [4.69, 9.17) is 18.9 Å². The van der Waals surface area contributed by atoms with Gasteiger partial charge in [0.25, 0.3) is 0 Å². The Hall–Kier alpha value is -1.97. The van der Waals surface area contributed by atoms with Gasteiger partial charge < -0.3 is 29.2 Å². The van der Waals surface area contributed by atoms with E-state index in [0.717, 1.165) is 0 Å². The summed E-state index contributed by atoms with van der Waals surface area (Å²) in [4.78, 5) is 36.9. The van der Waals surface area contributed by atoms with Gasteiger partial charge >= 0.3 is 17.9 Å². The first-order valence-electron chi connectivity index (χ1n) is 12.5. The third kappa shape index (κ3) is 2.83. The molecular formula is C26H36O9. The fraction of sp³-hybridized carbons (Fsp3) is 0.808. The van der Waals surface area contributed by atoms with Crippen LogP contribution in [-0.4, -0.2) is 64.9 Å². The van der Waals surface area contributed by atoms with Gasteiger partial charge in [-0.15, -0.1) is 0 Å². The van der Waals surface area contributed by atoms with Crippen molar-refractivity contribution in [1.29, 1.82) is 0 Å². The van der Waals surface area contributed by atoms with Crippen LogP contribution in [0.25, 0.3) is 0 Å². The Morgan fingerprint density at radius 1 is 0.971 bits per heavy atom. The van der Waals surface area contributed by atoms with Crippen LogP contribution in [0.4, 0.5) is 0 Å². The van der Waals surface area contributed by atoms with Gasteiger partial charge in [-0.25, -0.2) is 0 Å². The van der Waals surface area contributed by atoms with Crippen molar-refractivity contribution in [2.75, 3.05) is 6.61 Å². The molecule has 0 amide bonds. The molecule has 2 heterocycles. The molecule has 0 aromatic heterocycles. The van der Waals surface area contributed by atoms with Crippen LogP contribution in [0.1, 0.15) is 60.3 Å². The minimum absolute atomic E-state index is 0.0659. The zero-order valence-electron chi connectivity index (χ0n) is 21.0. The predicted octanol–water partition coefficient (Wildman–Crippen LogP) is 1.88. The van der Waals surface area contributed by atoms with Crippen LogP contribution in [0, 0.1) is 34.0 Å². The van der Waals surface area contributed by atoms with Crippen LogP contribution in [0.5, 0.6) is 0 Å². The van der Waals surface area contributed by atoms with Gasteiger partial charge in [0.05, 0.1) is 18.1 Å². The summed E-state index contributed by atoms with van der Waals surface area (Å²) in [6.07, 6.45) is -1.54. The molecule has 9 nitrogen and oxygen atoms in total. The van der Waals surface area contributed by atoms with Crippen molar-refractivity contribution in [3.63, 3.8) is 0 Å². The fourth-order valence-corrected chi connectivity index (χ4v) is 9.11. The summed E-state index contributed by atoms with van der Waals surface area (Å²) in [6.45, 7) is 12.2. The van der Waals surface area contributed by atoms with Crippen molar-refractivity contribution in [3.05, 3.63) is 12.2 Å². The molecular weight excluding hydrogens is 456 g/mol. The third-order valence-electron chi connectivity index (χ3n) is 9.92. The molecule has 2 N–H and O–H groups in total. The maximum absolute atomic E-state index is 12.5. The monoisotopic (exact) mass is 492 g/mol. The van der Waals surface area contributed by atoms with Crippen molar-refractivity contribution >= 4 is 17.9 Å². The van der Waals surface area contributed by atoms with Gasteiger partial charge in [-0.2, -0.15) is 0 Å². The maximum atomic E-state index is 12.5. The van der Waals surface area contributed by atoms with E-state index in [9.17, 15) is 24.6 Å². The van der Waals surface area contributed by atoms with Crippen LogP contribution in [-0.2, 0) is 33.3 Å². The highest BCUT2D eigenvalue weighted by Gasteiger charge is 2.88. The van der Waals surface area contributed by atoms with Gasteiger partial charge in [0.2, 0.25) is 5.79 Å². The third-order valence-corrected chi connectivity index (χ3v) is 9.92. The number of aliphatic hydroxyl groups excluding tert-OH is 1. The first-order chi connectivity index (χ1) is 16.2.